The number of benzene rings is 2. The van der Waals surface area contributed by atoms with Crippen LogP contribution in [0.25, 0.3) is 6.08 Å². The zero-order valence-corrected chi connectivity index (χ0v) is 15.8. The molecule has 0 aliphatic carbocycles. The molecule has 1 amide bonds. The average molecular weight is 453 g/mol. The van der Waals surface area contributed by atoms with E-state index in [1.165, 1.54) is 0 Å². The zero-order chi connectivity index (χ0) is 17.1. The molecule has 1 aliphatic heterocycles. The molecular weight excluding hydrogens is 439 g/mol. The van der Waals surface area contributed by atoms with Crippen molar-refractivity contribution in [1.82, 2.24) is 5.32 Å². The van der Waals surface area contributed by atoms with Gasteiger partial charge in [0.2, 0.25) is 0 Å². The van der Waals surface area contributed by atoms with Crippen LogP contribution in [0.3, 0.4) is 0 Å². The summed E-state index contributed by atoms with van der Waals surface area (Å²) in [5, 5.41) is 3.32. The molecular formula is C18H14ClIN2O2. The van der Waals surface area contributed by atoms with Crippen LogP contribution in [0.1, 0.15) is 18.1 Å². The number of rotatable bonds is 4. The minimum atomic E-state index is -0.242. The number of halogens is 2. The second-order valence-electron chi connectivity index (χ2n) is 5.07. The molecule has 24 heavy (non-hydrogen) atoms. The minimum absolute atomic E-state index is 0.242. The SMILES string of the molecule is CCOc1ccc(C=C2N=C(c3cc(I)ccc3Cl)NC2=O)cc1. The van der Waals surface area contributed by atoms with Crippen LogP contribution in [0.2, 0.25) is 5.02 Å². The van der Waals surface area contributed by atoms with Crippen LogP contribution >= 0.6 is 34.2 Å². The van der Waals surface area contributed by atoms with Gasteiger partial charge in [-0.3, -0.25) is 4.79 Å². The monoisotopic (exact) mass is 452 g/mol. The quantitative estimate of drug-likeness (QED) is 0.557. The number of hydrogen-bond acceptors (Lipinski definition) is 3. The first-order valence-corrected chi connectivity index (χ1v) is 8.82. The molecule has 0 spiro atoms. The van der Waals surface area contributed by atoms with Crippen molar-refractivity contribution in [2.75, 3.05) is 6.61 Å². The first-order chi connectivity index (χ1) is 11.6. The molecule has 0 atom stereocenters. The Morgan fingerprint density at radius 3 is 2.71 bits per heavy atom. The summed E-state index contributed by atoms with van der Waals surface area (Å²) in [6, 6.07) is 13.1. The van der Waals surface area contributed by atoms with Crippen molar-refractivity contribution >= 4 is 52.0 Å². The van der Waals surface area contributed by atoms with E-state index in [9.17, 15) is 4.79 Å². The van der Waals surface area contributed by atoms with Crippen LogP contribution < -0.4 is 10.1 Å². The summed E-state index contributed by atoms with van der Waals surface area (Å²) in [6.07, 6.45) is 1.74. The van der Waals surface area contributed by atoms with Gasteiger partial charge in [0.05, 0.1) is 11.6 Å². The number of amides is 1. The van der Waals surface area contributed by atoms with E-state index in [-0.39, 0.29) is 5.91 Å². The van der Waals surface area contributed by atoms with Crippen molar-refractivity contribution in [1.29, 1.82) is 0 Å². The first kappa shape index (κ1) is 17.0. The Kier molecular flexibility index (Phi) is 5.20. The molecule has 0 unspecified atom stereocenters. The molecule has 2 aromatic rings. The average Bonchev–Trinajstić information content (AvgIpc) is 2.92. The molecule has 2 aromatic carbocycles. The summed E-state index contributed by atoms with van der Waals surface area (Å²) in [4.78, 5) is 16.6. The van der Waals surface area contributed by atoms with Crippen LogP contribution in [0, 0.1) is 3.57 Å². The van der Waals surface area contributed by atoms with Crippen LogP contribution in [0.4, 0.5) is 0 Å². The Balaban J connectivity index is 1.89. The normalized spacial score (nSPS) is 15.4. The predicted octanol–water partition coefficient (Wildman–Crippen LogP) is 4.26. The number of amidine groups is 1. The lowest BCUT2D eigenvalue weighted by Gasteiger charge is -2.03. The molecule has 0 fully saturated rings. The van der Waals surface area contributed by atoms with Crippen molar-refractivity contribution < 1.29 is 9.53 Å². The molecule has 3 rings (SSSR count). The minimum Gasteiger partial charge on any atom is -0.494 e. The van der Waals surface area contributed by atoms with Crippen molar-refractivity contribution in [3.63, 3.8) is 0 Å². The fourth-order valence-electron chi connectivity index (χ4n) is 2.26. The van der Waals surface area contributed by atoms with E-state index >= 15 is 0 Å². The molecule has 0 saturated heterocycles. The number of carbonyl (C=O) groups is 1. The summed E-state index contributed by atoms with van der Waals surface area (Å²) in [5.41, 5.74) is 1.94. The molecule has 1 heterocycles. The van der Waals surface area contributed by atoms with Gasteiger partial charge in [-0.15, -0.1) is 0 Å². The largest absolute Gasteiger partial charge is 0.494 e. The van der Waals surface area contributed by atoms with Crippen LogP contribution in [-0.2, 0) is 4.79 Å². The van der Waals surface area contributed by atoms with Crippen LogP contribution in [-0.4, -0.2) is 18.3 Å². The molecule has 122 valence electrons. The molecule has 1 aliphatic rings. The molecule has 4 nitrogen and oxygen atoms in total. The highest BCUT2D eigenvalue weighted by molar-refractivity contribution is 14.1. The van der Waals surface area contributed by atoms with Crippen molar-refractivity contribution in [3.05, 3.63) is 67.9 Å². The maximum atomic E-state index is 12.2. The fourth-order valence-corrected chi connectivity index (χ4v) is 2.96. The summed E-state index contributed by atoms with van der Waals surface area (Å²) >= 11 is 8.40. The van der Waals surface area contributed by atoms with Crippen molar-refractivity contribution in [2.45, 2.75) is 6.92 Å². The van der Waals surface area contributed by atoms with Gasteiger partial charge in [0.15, 0.2) is 0 Å². The third-order valence-electron chi connectivity index (χ3n) is 3.37. The first-order valence-electron chi connectivity index (χ1n) is 7.37. The van der Waals surface area contributed by atoms with Crippen molar-refractivity contribution in [2.24, 2.45) is 4.99 Å². The summed E-state index contributed by atoms with van der Waals surface area (Å²) in [5.74, 6) is 1.03. The van der Waals surface area contributed by atoms with E-state index in [4.69, 9.17) is 16.3 Å². The van der Waals surface area contributed by atoms with Gasteiger partial charge < -0.3 is 10.1 Å². The van der Waals surface area contributed by atoms with E-state index < -0.39 is 0 Å². The maximum absolute atomic E-state index is 12.2. The highest BCUT2D eigenvalue weighted by Crippen LogP contribution is 2.23. The van der Waals surface area contributed by atoms with Crippen LogP contribution in [0.5, 0.6) is 5.75 Å². The summed E-state index contributed by atoms with van der Waals surface area (Å²) < 4.78 is 6.43. The Morgan fingerprint density at radius 1 is 1.25 bits per heavy atom. The Bertz CT molecular complexity index is 845. The Hall–Kier alpha value is -1.86. The number of hydrogen-bond donors (Lipinski definition) is 1. The number of aliphatic imine (C=N–C) groups is 1. The highest BCUT2D eigenvalue weighted by atomic mass is 127. The second-order valence-corrected chi connectivity index (χ2v) is 6.72. The van der Waals surface area contributed by atoms with Gasteiger partial charge in [-0.2, -0.15) is 0 Å². The summed E-state index contributed by atoms with van der Waals surface area (Å²) in [6.45, 7) is 2.55. The Morgan fingerprint density at radius 2 is 2.00 bits per heavy atom. The molecule has 0 bridgehead atoms. The third-order valence-corrected chi connectivity index (χ3v) is 4.38. The number of carbonyl (C=O) groups excluding carboxylic acids is 1. The molecule has 0 aromatic heterocycles. The van der Waals surface area contributed by atoms with Gasteiger partial charge in [-0.25, -0.2) is 4.99 Å². The molecule has 1 N–H and O–H groups in total. The Labute approximate surface area is 158 Å². The second kappa shape index (κ2) is 7.36. The fraction of sp³-hybridized carbons (Fsp3) is 0.111. The van der Waals surface area contributed by atoms with Crippen LogP contribution in [0.15, 0.2) is 53.2 Å². The number of ether oxygens (including phenoxy) is 1. The van der Waals surface area contributed by atoms with E-state index in [2.05, 4.69) is 32.9 Å². The lowest BCUT2D eigenvalue weighted by atomic mass is 10.2. The van der Waals surface area contributed by atoms with Gasteiger partial charge in [0, 0.05) is 9.13 Å². The van der Waals surface area contributed by atoms with Crippen molar-refractivity contribution in [3.8, 4) is 5.75 Å². The van der Waals surface area contributed by atoms with E-state index in [0.29, 0.717) is 28.7 Å². The van der Waals surface area contributed by atoms with Gasteiger partial charge in [0.1, 0.15) is 17.3 Å². The molecule has 6 heteroatoms. The van der Waals surface area contributed by atoms with Gasteiger partial charge in [0.25, 0.3) is 5.91 Å². The zero-order valence-electron chi connectivity index (χ0n) is 12.8. The lowest BCUT2D eigenvalue weighted by Crippen LogP contribution is -2.25. The standard InChI is InChI=1S/C18H14ClIN2O2/c1-2-24-13-6-3-11(4-7-13)9-16-18(23)22-17(21-16)14-10-12(20)5-8-15(14)19/h3-10H,2H2,1H3,(H,21,22,23). The molecule has 0 radical (unpaired) electrons. The number of nitrogens with one attached hydrogen (secondary N) is 1. The van der Waals surface area contributed by atoms with E-state index in [1.54, 1.807) is 12.1 Å². The maximum Gasteiger partial charge on any atom is 0.275 e. The highest BCUT2D eigenvalue weighted by Gasteiger charge is 2.22. The third kappa shape index (κ3) is 3.79. The summed E-state index contributed by atoms with van der Waals surface area (Å²) in [7, 11) is 0. The molecule has 0 saturated carbocycles. The van der Waals surface area contributed by atoms with E-state index in [1.807, 2.05) is 43.3 Å². The van der Waals surface area contributed by atoms with E-state index in [0.717, 1.165) is 14.9 Å². The smallest absolute Gasteiger partial charge is 0.275 e. The lowest BCUT2D eigenvalue weighted by molar-refractivity contribution is -0.115. The number of nitrogens with zero attached hydrogens (tertiary/aromatic N) is 1. The van der Waals surface area contributed by atoms with Gasteiger partial charge in [-0.05, 0) is 71.5 Å². The van der Waals surface area contributed by atoms with Gasteiger partial charge in [-0.1, -0.05) is 23.7 Å². The van der Waals surface area contributed by atoms with Gasteiger partial charge >= 0.3 is 0 Å². The predicted molar refractivity (Wildman–Crippen MR) is 104 cm³/mol. The topological polar surface area (TPSA) is 50.7 Å².